The molecule has 2 saturated carbocycles. The Morgan fingerprint density at radius 2 is 1.93 bits per heavy atom. The Morgan fingerprint density at radius 1 is 1.17 bits per heavy atom. The minimum absolute atomic E-state index is 0.0696. The van der Waals surface area contributed by atoms with Gasteiger partial charge >= 0.3 is 12.1 Å². The van der Waals surface area contributed by atoms with Crippen molar-refractivity contribution in [2.24, 2.45) is 17.8 Å². The summed E-state index contributed by atoms with van der Waals surface area (Å²) in [5.41, 5.74) is 2.33. The number of pyridine rings is 1. The molecule has 0 amide bonds. The van der Waals surface area contributed by atoms with E-state index in [-0.39, 0.29) is 30.6 Å². The highest BCUT2D eigenvalue weighted by Crippen LogP contribution is 2.47. The van der Waals surface area contributed by atoms with E-state index in [0.717, 1.165) is 16.8 Å². The number of alkyl halides is 3. The van der Waals surface area contributed by atoms with Crippen molar-refractivity contribution in [2.75, 3.05) is 6.61 Å². The summed E-state index contributed by atoms with van der Waals surface area (Å²) >= 11 is 0. The smallest absolute Gasteiger partial charge is 0.391 e. The van der Waals surface area contributed by atoms with Crippen LogP contribution in [0.1, 0.15) is 43.7 Å². The van der Waals surface area contributed by atoms with Gasteiger partial charge in [0.25, 0.3) is 0 Å². The number of carboxylic acids is 1. The molecular formula is C21H22F3N3O3. The number of ether oxygens (including phenoxy) is 1. The van der Waals surface area contributed by atoms with Crippen molar-refractivity contribution in [3.05, 3.63) is 36.3 Å². The lowest BCUT2D eigenvalue weighted by Gasteiger charge is -2.29. The second kappa shape index (κ2) is 8.20. The van der Waals surface area contributed by atoms with Crippen LogP contribution < -0.4 is 4.74 Å². The summed E-state index contributed by atoms with van der Waals surface area (Å²) in [4.78, 5) is 15.4. The zero-order valence-corrected chi connectivity index (χ0v) is 16.2. The summed E-state index contributed by atoms with van der Waals surface area (Å²) in [5, 5.41) is 17.0. The monoisotopic (exact) mass is 421 g/mol. The fourth-order valence-electron chi connectivity index (χ4n) is 4.06. The van der Waals surface area contributed by atoms with Gasteiger partial charge in [-0.1, -0.05) is 0 Å². The predicted molar refractivity (Wildman–Crippen MR) is 101 cm³/mol. The lowest BCUT2D eigenvalue weighted by molar-refractivity contribution is -0.184. The number of carboxylic acid groups (broad SMARTS) is 1. The van der Waals surface area contributed by atoms with Gasteiger partial charge < -0.3 is 9.84 Å². The molecule has 160 valence electrons. The summed E-state index contributed by atoms with van der Waals surface area (Å²) < 4.78 is 44.1. The van der Waals surface area contributed by atoms with Crippen LogP contribution in [0.2, 0.25) is 0 Å². The van der Waals surface area contributed by atoms with Gasteiger partial charge in [0.1, 0.15) is 0 Å². The zero-order chi connectivity index (χ0) is 21.3. The molecule has 4 rings (SSSR count). The third kappa shape index (κ3) is 4.71. The molecule has 2 fully saturated rings. The maximum Gasteiger partial charge on any atom is 0.391 e. The third-order valence-corrected chi connectivity index (χ3v) is 6.01. The van der Waals surface area contributed by atoms with Gasteiger partial charge in [-0.15, -0.1) is 5.10 Å². The first-order valence-corrected chi connectivity index (χ1v) is 10.0. The van der Waals surface area contributed by atoms with Crippen LogP contribution in [0.3, 0.4) is 0 Å². The van der Waals surface area contributed by atoms with Gasteiger partial charge in [-0.25, -0.2) is 0 Å². The van der Waals surface area contributed by atoms with E-state index in [4.69, 9.17) is 9.84 Å². The van der Waals surface area contributed by atoms with Crippen molar-refractivity contribution in [3.8, 4) is 17.0 Å². The van der Waals surface area contributed by atoms with Crippen LogP contribution >= 0.6 is 0 Å². The zero-order valence-electron chi connectivity index (χ0n) is 16.2. The van der Waals surface area contributed by atoms with Crippen LogP contribution in [-0.2, 0) is 4.79 Å². The fraction of sp³-hybridized carbons (Fsp3) is 0.524. The van der Waals surface area contributed by atoms with Gasteiger partial charge in [-0.3, -0.25) is 9.78 Å². The third-order valence-electron chi connectivity index (χ3n) is 6.01. The molecule has 1 N–H and O–H groups in total. The average Bonchev–Trinajstić information content (AvgIpc) is 3.54. The van der Waals surface area contributed by atoms with Crippen molar-refractivity contribution in [3.63, 3.8) is 0 Å². The van der Waals surface area contributed by atoms with E-state index in [1.54, 1.807) is 24.5 Å². The van der Waals surface area contributed by atoms with E-state index in [1.807, 2.05) is 6.07 Å². The molecule has 2 heterocycles. The molecule has 0 bridgehead atoms. The molecular weight excluding hydrogens is 399 g/mol. The highest BCUT2D eigenvalue weighted by molar-refractivity contribution is 5.75. The molecule has 30 heavy (non-hydrogen) atoms. The topological polar surface area (TPSA) is 85.2 Å². The number of hydrogen-bond acceptors (Lipinski definition) is 5. The van der Waals surface area contributed by atoms with Gasteiger partial charge in [0.15, 0.2) is 0 Å². The highest BCUT2D eigenvalue weighted by atomic mass is 19.4. The van der Waals surface area contributed by atoms with Gasteiger partial charge in [0.05, 0.1) is 24.6 Å². The summed E-state index contributed by atoms with van der Waals surface area (Å²) in [7, 11) is 0. The van der Waals surface area contributed by atoms with Crippen molar-refractivity contribution in [2.45, 2.75) is 44.2 Å². The SMILES string of the molecule is O=C(O)[C@@H]1C[C@H]1c1cc(-c2cnnc(OC[C@H]3CC[C@H](C(F)(F)F)CC3)c2)ccn1. The van der Waals surface area contributed by atoms with Crippen LogP contribution in [0.25, 0.3) is 11.1 Å². The number of aromatic nitrogens is 3. The Bertz CT molecular complexity index is 914. The Balaban J connectivity index is 1.36. The summed E-state index contributed by atoms with van der Waals surface area (Å²) in [6.45, 7) is 0.312. The second-order valence-corrected chi connectivity index (χ2v) is 8.11. The van der Waals surface area contributed by atoms with Gasteiger partial charge in [0, 0.05) is 29.4 Å². The molecule has 2 atom stereocenters. The summed E-state index contributed by atoms with van der Waals surface area (Å²) in [5.74, 6) is -2.07. The quantitative estimate of drug-likeness (QED) is 0.741. The average molecular weight is 421 g/mol. The summed E-state index contributed by atoms with van der Waals surface area (Å²) in [6, 6.07) is 5.39. The van der Waals surface area contributed by atoms with Crippen LogP contribution in [0.4, 0.5) is 13.2 Å². The Kier molecular flexibility index (Phi) is 5.62. The lowest BCUT2D eigenvalue weighted by Crippen LogP contribution is -2.29. The number of nitrogens with zero attached hydrogens (tertiary/aromatic N) is 3. The van der Waals surface area contributed by atoms with Gasteiger partial charge in [0.2, 0.25) is 5.88 Å². The van der Waals surface area contributed by atoms with Gasteiger partial charge in [-0.05, 0) is 55.7 Å². The molecule has 0 saturated heterocycles. The van der Waals surface area contributed by atoms with E-state index < -0.39 is 18.1 Å². The molecule has 9 heteroatoms. The summed E-state index contributed by atoms with van der Waals surface area (Å²) in [6.07, 6.45) is 0.951. The minimum atomic E-state index is -4.11. The Morgan fingerprint density at radius 3 is 2.60 bits per heavy atom. The van der Waals surface area contributed by atoms with E-state index in [1.165, 1.54) is 0 Å². The van der Waals surface area contributed by atoms with Crippen LogP contribution in [0.15, 0.2) is 30.6 Å². The van der Waals surface area contributed by atoms with Crippen LogP contribution in [0, 0.1) is 17.8 Å². The van der Waals surface area contributed by atoms with E-state index in [9.17, 15) is 18.0 Å². The maximum absolute atomic E-state index is 12.8. The molecule has 6 nitrogen and oxygen atoms in total. The molecule has 0 spiro atoms. The Hall–Kier alpha value is -2.71. The van der Waals surface area contributed by atoms with Crippen LogP contribution in [0.5, 0.6) is 5.88 Å². The largest absolute Gasteiger partial charge is 0.481 e. The van der Waals surface area contributed by atoms with Gasteiger partial charge in [-0.2, -0.15) is 18.3 Å². The van der Waals surface area contributed by atoms with E-state index in [2.05, 4.69) is 15.2 Å². The molecule has 0 aromatic carbocycles. The molecule has 2 aromatic rings. The number of rotatable bonds is 6. The molecule has 0 radical (unpaired) electrons. The molecule has 2 aliphatic carbocycles. The van der Waals surface area contributed by atoms with E-state index in [0.29, 0.717) is 31.7 Å². The minimum Gasteiger partial charge on any atom is -0.481 e. The first-order valence-electron chi connectivity index (χ1n) is 10.0. The molecule has 2 aromatic heterocycles. The van der Waals surface area contributed by atoms with E-state index >= 15 is 0 Å². The number of hydrogen-bond donors (Lipinski definition) is 1. The van der Waals surface area contributed by atoms with Crippen molar-refractivity contribution < 1.29 is 27.8 Å². The van der Waals surface area contributed by atoms with Crippen LogP contribution in [-0.4, -0.2) is 39.0 Å². The fourth-order valence-corrected chi connectivity index (χ4v) is 4.06. The second-order valence-electron chi connectivity index (χ2n) is 8.11. The molecule has 0 aliphatic heterocycles. The first kappa shape index (κ1) is 20.6. The normalized spacial score (nSPS) is 26.2. The van der Waals surface area contributed by atoms with Crippen molar-refractivity contribution in [1.82, 2.24) is 15.2 Å². The molecule has 0 unspecified atom stereocenters. The van der Waals surface area contributed by atoms with Crippen molar-refractivity contribution in [1.29, 1.82) is 0 Å². The Labute approximate surface area is 171 Å². The maximum atomic E-state index is 12.8. The highest BCUT2D eigenvalue weighted by Gasteiger charge is 2.45. The lowest BCUT2D eigenvalue weighted by atomic mass is 9.82. The van der Waals surface area contributed by atoms with Crippen molar-refractivity contribution >= 4 is 5.97 Å². The molecule has 2 aliphatic rings. The standard InChI is InChI=1S/C21H22F3N3O3/c22-21(23,24)15-3-1-12(2-4-15)11-30-19-8-14(10-26-27-19)13-5-6-25-18(7-13)16-9-17(16)20(28)29/h5-8,10,12,15-17H,1-4,9,11H2,(H,28,29)/t12-,15-,16-,17-/m1/s1. The number of aliphatic carboxylic acids is 1. The predicted octanol–water partition coefficient (Wildman–Crippen LogP) is 4.47. The number of carbonyl (C=O) groups is 1. The first-order chi connectivity index (χ1) is 14.3. The number of halogens is 3.